The second kappa shape index (κ2) is 9.82. The maximum atomic E-state index is 13.8. The molecule has 3 heterocycles. The van der Waals surface area contributed by atoms with Gasteiger partial charge in [0.1, 0.15) is 6.04 Å². The van der Waals surface area contributed by atoms with E-state index in [-0.39, 0.29) is 29.6 Å². The molecule has 0 aromatic heterocycles. The van der Waals surface area contributed by atoms with Crippen LogP contribution in [-0.4, -0.2) is 63.5 Å². The lowest BCUT2D eigenvalue weighted by molar-refractivity contribution is -0.139. The van der Waals surface area contributed by atoms with Gasteiger partial charge < -0.3 is 20.6 Å². The van der Waals surface area contributed by atoms with Crippen molar-refractivity contribution in [3.8, 4) is 0 Å². The van der Waals surface area contributed by atoms with E-state index in [1.54, 1.807) is 16.7 Å². The molecule has 3 N–H and O–H groups in total. The highest BCUT2D eigenvalue weighted by atomic mass is 32.2. The summed E-state index contributed by atoms with van der Waals surface area (Å²) in [6, 6.07) is 13.2. The molecule has 3 amide bonds. The number of hydrogen-bond acceptors (Lipinski definition) is 5. The van der Waals surface area contributed by atoms with Crippen LogP contribution in [0.5, 0.6) is 0 Å². The fourth-order valence-corrected chi connectivity index (χ4v) is 8.45. The summed E-state index contributed by atoms with van der Waals surface area (Å²) in [5, 5.41) is 17.6. The number of carbonyl (C=O) groups is 3. The van der Waals surface area contributed by atoms with Crippen LogP contribution >= 0.6 is 11.8 Å². The van der Waals surface area contributed by atoms with Crippen LogP contribution < -0.4 is 10.6 Å². The predicted octanol–water partition coefficient (Wildman–Crippen LogP) is 3.17. The number of hydrogen-bond donors (Lipinski definition) is 3. The Morgan fingerprint density at radius 1 is 1.14 bits per heavy atom. The van der Waals surface area contributed by atoms with Gasteiger partial charge in [-0.05, 0) is 55.0 Å². The first-order chi connectivity index (χ1) is 17.0. The van der Waals surface area contributed by atoms with Gasteiger partial charge in [0.05, 0.1) is 16.6 Å². The second-order valence-electron chi connectivity index (χ2n) is 9.86. The third-order valence-electron chi connectivity index (χ3n) is 7.72. The van der Waals surface area contributed by atoms with E-state index in [4.69, 9.17) is 0 Å². The Balaban J connectivity index is 1.45. The van der Waals surface area contributed by atoms with Gasteiger partial charge in [0.15, 0.2) is 0 Å². The number of aliphatic hydroxyl groups excluding tert-OH is 1. The van der Waals surface area contributed by atoms with Crippen LogP contribution in [0.15, 0.2) is 42.5 Å². The van der Waals surface area contributed by atoms with Crippen LogP contribution in [0.4, 0.5) is 5.69 Å². The first-order valence-corrected chi connectivity index (χ1v) is 13.5. The molecule has 3 aliphatic heterocycles. The van der Waals surface area contributed by atoms with E-state index >= 15 is 0 Å². The number of rotatable bonds is 9. The Kier molecular flexibility index (Phi) is 6.77. The number of thioether (sulfide) groups is 1. The molecule has 7 nitrogen and oxygen atoms in total. The maximum Gasteiger partial charge on any atom is 0.248 e. The van der Waals surface area contributed by atoms with E-state index in [0.717, 1.165) is 30.0 Å². The van der Waals surface area contributed by atoms with Gasteiger partial charge >= 0.3 is 0 Å². The normalized spacial score (nSPS) is 29.0. The van der Waals surface area contributed by atoms with Crippen molar-refractivity contribution in [2.45, 2.75) is 55.1 Å². The number of nitrogens with one attached hydrogen (secondary N) is 2. The van der Waals surface area contributed by atoms with Crippen LogP contribution in [0, 0.1) is 11.8 Å². The Morgan fingerprint density at radius 2 is 1.94 bits per heavy atom. The number of amides is 3. The first kappa shape index (κ1) is 24.1. The van der Waals surface area contributed by atoms with Crippen LogP contribution in [0.1, 0.15) is 39.0 Å². The minimum Gasteiger partial charge on any atom is -0.396 e. The summed E-state index contributed by atoms with van der Waals surface area (Å²) in [7, 11) is 0. The Hall–Kier alpha value is -2.58. The molecule has 186 valence electrons. The summed E-state index contributed by atoms with van der Waals surface area (Å²) in [5.41, 5.74) is 0.700. The Labute approximate surface area is 210 Å². The third kappa shape index (κ3) is 4.10. The van der Waals surface area contributed by atoms with Crippen molar-refractivity contribution in [2.75, 3.05) is 25.0 Å². The van der Waals surface area contributed by atoms with Crippen LogP contribution in [0.25, 0.3) is 10.8 Å². The molecule has 0 aliphatic carbocycles. The summed E-state index contributed by atoms with van der Waals surface area (Å²) in [6.07, 6.45) is 3.61. The number of nitrogens with zero attached hydrogens (tertiary/aromatic N) is 1. The lowest BCUT2D eigenvalue weighted by Gasteiger charge is -2.34. The van der Waals surface area contributed by atoms with Gasteiger partial charge in [-0.2, -0.15) is 0 Å². The number of aliphatic hydroxyl groups is 1. The van der Waals surface area contributed by atoms with Crippen molar-refractivity contribution in [1.82, 2.24) is 10.2 Å². The number of likely N-dealkylation sites (tertiary alicyclic amines) is 1. The number of anilines is 1. The van der Waals surface area contributed by atoms with Gasteiger partial charge in [-0.25, -0.2) is 0 Å². The van der Waals surface area contributed by atoms with Gasteiger partial charge in [0.25, 0.3) is 0 Å². The van der Waals surface area contributed by atoms with Gasteiger partial charge in [-0.3, -0.25) is 14.4 Å². The molecule has 35 heavy (non-hydrogen) atoms. The van der Waals surface area contributed by atoms with Crippen LogP contribution in [-0.2, 0) is 14.4 Å². The van der Waals surface area contributed by atoms with E-state index in [1.807, 2.05) is 49.4 Å². The molecule has 2 bridgehead atoms. The summed E-state index contributed by atoms with van der Waals surface area (Å²) in [5.74, 6) is -1.22. The molecule has 2 aromatic rings. The number of fused-ring (bicyclic) bond motifs is 2. The molecule has 0 radical (unpaired) electrons. The summed E-state index contributed by atoms with van der Waals surface area (Å²) < 4.78 is -0.587. The van der Waals surface area contributed by atoms with Crippen molar-refractivity contribution >= 4 is 45.9 Å². The Bertz CT molecular complexity index is 1140. The molecule has 0 saturated carbocycles. The molecule has 5 atom stereocenters. The van der Waals surface area contributed by atoms with E-state index in [2.05, 4.69) is 10.6 Å². The molecule has 1 spiro atoms. The van der Waals surface area contributed by atoms with Gasteiger partial charge in [0.2, 0.25) is 17.7 Å². The highest BCUT2D eigenvalue weighted by Gasteiger charge is 2.73. The average molecular weight is 496 g/mol. The Morgan fingerprint density at radius 3 is 2.71 bits per heavy atom. The van der Waals surface area contributed by atoms with Gasteiger partial charge in [-0.15, -0.1) is 11.8 Å². The average Bonchev–Trinajstić information content (AvgIpc) is 3.50. The van der Waals surface area contributed by atoms with E-state index in [1.165, 1.54) is 0 Å². The molecule has 3 aliphatic rings. The van der Waals surface area contributed by atoms with E-state index in [9.17, 15) is 19.5 Å². The van der Waals surface area contributed by atoms with Crippen molar-refractivity contribution < 1.29 is 19.5 Å². The lowest BCUT2D eigenvalue weighted by atomic mass is 9.70. The fourth-order valence-electron chi connectivity index (χ4n) is 6.23. The fraction of sp³-hybridized carbons (Fsp3) is 0.519. The zero-order chi connectivity index (χ0) is 24.6. The zero-order valence-electron chi connectivity index (χ0n) is 20.0. The number of carbonyl (C=O) groups excluding carboxylic acids is 3. The maximum absolute atomic E-state index is 13.8. The molecule has 5 rings (SSSR count). The molecular formula is C27H33N3O4S. The van der Waals surface area contributed by atoms with Crippen molar-refractivity contribution in [1.29, 1.82) is 0 Å². The monoisotopic (exact) mass is 495 g/mol. The highest BCUT2D eigenvalue weighted by molar-refractivity contribution is 8.02. The molecule has 3 fully saturated rings. The van der Waals surface area contributed by atoms with E-state index in [0.29, 0.717) is 31.6 Å². The van der Waals surface area contributed by atoms with Crippen molar-refractivity contribution in [3.63, 3.8) is 0 Å². The van der Waals surface area contributed by atoms with Crippen LogP contribution in [0.3, 0.4) is 0 Å². The van der Waals surface area contributed by atoms with Gasteiger partial charge in [-0.1, -0.05) is 37.3 Å². The topological polar surface area (TPSA) is 98.7 Å². The molecule has 3 saturated heterocycles. The summed E-state index contributed by atoms with van der Waals surface area (Å²) >= 11 is 1.68. The predicted molar refractivity (Wildman–Crippen MR) is 138 cm³/mol. The van der Waals surface area contributed by atoms with Crippen molar-refractivity contribution in [3.05, 3.63) is 42.5 Å². The molecular weight excluding hydrogens is 462 g/mol. The van der Waals surface area contributed by atoms with E-state index < -0.39 is 22.6 Å². The smallest absolute Gasteiger partial charge is 0.248 e. The third-order valence-corrected chi connectivity index (χ3v) is 9.68. The summed E-state index contributed by atoms with van der Waals surface area (Å²) in [4.78, 5) is 42.4. The SMILES string of the molecule is CCCNC(=O)[C@@H]1[C@@H]2CCC3(S2)C(C(=O)Nc2ccc4ccccc4c2)N(CCCCO)C(=O)[C@H]13. The lowest BCUT2D eigenvalue weighted by Crippen LogP contribution is -2.51. The highest BCUT2D eigenvalue weighted by Crippen LogP contribution is 2.66. The van der Waals surface area contributed by atoms with Gasteiger partial charge in [0, 0.05) is 30.6 Å². The minimum atomic E-state index is -0.635. The number of benzene rings is 2. The molecule has 2 aromatic carbocycles. The zero-order valence-corrected chi connectivity index (χ0v) is 20.9. The van der Waals surface area contributed by atoms with Crippen LogP contribution in [0.2, 0.25) is 0 Å². The quantitative estimate of drug-likeness (QED) is 0.464. The van der Waals surface area contributed by atoms with Crippen molar-refractivity contribution in [2.24, 2.45) is 11.8 Å². The largest absolute Gasteiger partial charge is 0.396 e. The molecule has 2 unspecified atom stereocenters. The first-order valence-electron chi connectivity index (χ1n) is 12.7. The minimum absolute atomic E-state index is 0.0451. The summed E-state index contributed by atoms with van der Waals surface area (Å²) in [6.45, 7) is 3.05. The standard InChI is InChI=1S/C27H33N3O4S/c1-2-13-28-24(32)21-20-11-12-27(35-20)22(21)26(34)30(14-5-6-15-31)23(27)25(33)29-19-10-9-17-7-3-4-8-18(17)16-19/h3-4,7-10,16,20-23,31H,2,5-6,11-15H2,1H3,(H,28,32)(H,29,33)/t20-,21+,22-,23?,27?/m0/s1. The number of unbranched alkanes of at least 4 members (excludes halogenated alkanes) is 1. The second-order valence-corrected chi connectivity index (χ2v) is 11.5. The molecule has 8 heteroatoms.